The molecule has 0 amide bonds. The van der Waals surface area contributed by atoms with E-state index in [1.165, 1.54) is 103 Å². The lowest BCUT2D eigenvalue weighted by atomic mass is 10.0. The maximum Gasteiger partial charge on any atom is 0.243 e. The fourth-order valence-electron chi connectivity index (χ4n) is 3.66. The minimum Gasteiger partial charge on any atom is -0.392 e. The zero-order chi connectivity index (χ0) is 18.7. The summed E-state index contributed by atoms with van der Waals surface area (Å²) < 4.78 is 4.28. The van der Waals surface area contributed by atoms with Gasteiger partial charge in [0.05, 0.1) is 13.2 Å². The van der Waals surface area contributed by atoms with Gasteiger partial charge in [0.2, 0.25) is 6.33 Å². The minimum atomic E-state index is 0.216. The SMILES string of the molecule is CCCCCCCCCCCCCCCCCC[n+]1ccn(CCO)c1. The number of aromatic nitrogens is 2. The van der Waals surface area contributed by atoms with Crippen LogP contribution in [0.25, 0.3) is 0 Å². The van der Waals surface area contributed by atoms with Crippen molar-refractivity contribution in [2.45, 2.75) is 123 Å². The number of unbranched alkanes of at least 4 members (excludes halogenated alkanes) is 15. The van der Waals surface area contributed by atoms with E-state index in [9.17, 15) is 0 Å². The third kappa shape index (κ3) is 13.4. The molecular formula is C23H45N2O+. The average molecular weight is 366 g/mol. The highest BCUT2D eigenvalue weighted by atomic mass is 16.3. The molecule has 1 rings (SSSR count). The number of hydrogen-bond donors (Lipinski definition) is 1. The molecule has 0 saturated carbocycles. The van der Waals surface area contributed by atoms with E-state index in [2.05, 4.69) is 24.0 Å². The molecule has 1 heterocycles. The Hall–Kier alpha value is -0.830. The van der Waals surface area contributed by atoms with Gasteiger partial charge in [0, 0.05) is 0 Å². The second-order valence-electron chi connectivity index (χ2n) is 7.92. The molecule has 3 nitrogen and oxygen atoms in total. The molecule has 0 aliphatic heterocycles. The lowest BCUT2D eigenvalue weighted by molar-refractivity contribution is -0.696. The molecule has 1 N–H and O–H groups in total. The van der Waals surface area contributed by atoms with Crippen molar-refractivity contribution in [2.24, 2.45) is 0 Å². The predicted molar refractivity (Wildman–Crippen MR) is 111 cm³/mol. The summed E-state index contributed by atoms with van der Waals surface area (Å²) in [6.07, 6.45) is 29.0. The second kappa shape index (κ2) is 17.6. The van der Waals surface area contributed by atoms with Gasteiger partial charge in [0.25, 0.3) is 0 Å². The van der Waals surface area contributed by atoms with Crippen LogP contribution in [-0.2, 0) is 13.1 Å². The predicted octanol–water partition coefficient (Wildman–Crippen LogP) is 6.03. The van der Waals surface area contributed by atoms with Gasteiger partial charge in [-0.25, -0.2) is 9.13 Å². The number of aliphatic hydroxyl groups is 1. The molecule has 0 radical (unpaired) electrons. The maximum atomic E-state index is 8.92. The van der Waals surface area contributed by atoms with Crippen molar-refractivity contribution in [2.75, 3.05) is 6.61 Å². The van der Waals surface area contributed by atoms with Gasteiger partial charge in [-0.2, -0.15) is 0 Å². The average Bonchev–Trinajstić information content (AvgIpc) is 3.09. The number of aliphatic hydroxyl groups excluding tert-OH is 1. The van der Waals surface area contributed by atoms with E-state index in [0.29, 0.717) is 6.54 Å². The summed E-state index contributed by atoms with van der Waals surface area (Å²) in [5.41, 5.74) is 0. The smallest absolute Gasteiger partial charge is 0.243 e. The van der Waals surface area contributed by atoms with Crippen LogP contribution in [0.5, 0.6) is 0 Å². The zero-order valence-electron chi connectivity index (χ0n) is 17.5. The summed E-state index contributed by atoms with van der Waals surface area (Å²) in [7, 11) is 0. The van der Waals surface area contributed by atoms with Crippen LogP contribution in [0.4, 0.5) is 0 Å². The third-order valence-electron chi connectivity index (χ3n) is 5.37. The number of rotatable bonds is 19. The summed E-state index contributed by atoms with van der Waals surface area (Å²) in [4.78, 5) is 0. The molecule has 3 heteroatoms. The van der Waals surface area contributed by atoms with Gasteiger partial charge in [-0.3, -0.25) is 0 Å². The van der Waals surface area contributed by atoms with Crippen molar-refractivity contribution in [3.05, 3.63) is 18.7 Å². The van der Waals surface area contributed by atoms with E-state index in [-0.39, 0.29) is 6.61 Å². The lowest BCUT2D eigenvalue weighted by Crippen LogP contribution is -2.30. The molecule has 0 unspecified atom stereocenters. The van der Waals surface area contributed by atoms with Crippen molar-refractivity contribution in [3.8, 4) is 0 Å². The Balaban J connectivity index is 1.75. The van der Waals surface area contributed by atoms with E-state index < -0.39 is 0 Å². The molecule has 0 fully saturated rings. The standard InChI is InChI=1S/C23H45N2O/c1-2-3-4-5-6-7-8-9-10-11-12-13-14-15-16-17-18-24-19-20-25(23-24)21-22-26/h19-20,23,26H,2-18,21-22H2,1H3/q+1. The topological polar surface area (TPSA) is 29.0 Å². The highest BCUT2D eigenvalue weighted by molar-refractivity contribution is 4.65. The lowest BCUT2D eigenvalue weighted by Gasteiger charge is -2.03. The fourth-order valence-corrected chi connectivity index (χ4v) is 3.66. The van der Waals surface area contributed by atoms with Gasteiger partial charge in [-0.15, -0.1) is 0 Å². The first-order valence-corrected chi connectivity index (χ1v) is 11.5. The largest absolute Gasteiger partial charge is 0.392 e. The normalized spacial score (nSPS) is 11.3. The van der Waals surface area contributed by atoms with E-state index in [4.69, 9.17) is 5.11 Å². The first kappa shape index (κ1) is 23.2. The van der Waals surface area contributed by atoms with E-state index in [0.717, 1.165) is 6.54 Å². The van der Waals surface area contributed by atoms with Crippen molar-refractivity contribution in [3.63, 3.8) is 0 Å². The maximum absolute atomic E-state index is 8.92. The van der Waals surface area contributed by atoms with Crippen molar-refractivity contribution in [1.29, 1.82) is 0 Å². The second-order valence-corrected chi connectivity index (χ2v) is 7.92. The summed E-state index contributed by atoms with van der Waals surface area (Å²) in [5, 5.41) is 8.92. The van der Waals surface area contributed by atoms with Crippen LogP contribution >= 0.6 is 0 Å². The Kier molecular flexibility index (Phi) is 15.7. The molecule has 26 heavy (non-hydrogen) atoms. The zero-order valence-corrected chi connectivity index (χ0v) is 17.5. The van der Waals surface area contributed by atoms with Crippen LogP contribution < -0.4 is 4.57 Å². The highest BCUT2D eigenvalue weighted by Crippen LogP contribution is 2.13. The van der Waals surface area contributed by atoms with Crippen molar-refractivity contribution >= 4 is 0 Å². The molecule has 0 aliphatic carbocycles. The number of aryl methyl sites for hydroxylation is 1. The van der Waals surface area contributed by atoms with Gasteiger partial charge in [-0.1, -0.05) is 96.8 Å². The monoisotopic (exact) mass is 365 g/mol. The van der Waals surface area contributed by atoms with Crippen LogP contribution in [0.2, 0.25) is 0 Å². The summed E-state index contributed by atoms with van der Waals surface area (Å²) >= 11 is 0. The van der Waals surface area contributed by atoms with Crippen LogP contribution in [-0.4, -0.2) is 16.3 Å². The Morgan fingerprint density at radius 2 is 1.15 bits per heavy atom. The van der Waals surface area contributed by atoms with Gasteiger partial charge in [0.1, 0.15) is 18.9 Å². The number of imidazole rings is 1. The molecular weight excluding hydrogens is 320 g/mol. The van der Waals surface area contributed by atoms with E-state index in [1.807, 2.05) is 10.8 Å². The van der Waals surface area contributed by atoms with Gasteiger partial charge in [-0.05, 0) is 12.8 Å². The van der Waals surface area contributed by atoms with Crippen molar-refractivity contribution in [1.82, 2.24) is 4.57 Å². The van der Waals surface area contributed by atoms with Crippen LogP contribution in [0.1, 0.15) is 110 Å². The Labute approximate surface area is 162 Å². The quantitative estimate of drug-likeness (QED) is 0.235. The summed E-state index contributed by atoms with van der Waals surface area (Å²) in [6.45, 7) is 4.31. The number of nitrogens with zero attached hydrogens (tertiary/aromatic N) is 2. The first-order valence-electron chi connectivity index (χ1n) is 11.5. The third-order valence-corrected chi connectivity index (χ3v) is 5.37. The molecule has 0 bridgehead atoms. The molecule has 0 saturated heterocycles. The van der Waals surface area contributed by atoms with Gasteiger partial charge in [0.15, 0.2) is 0 Å². The van der Waals surface area contributed by atoms with Crippen molar-refractivity contribution < 1.29 is 9.67 Å². The van der Waals surface area contributed by atoms with Crippen LogP contribution in [0.15, 0.2) is 18.7 Å². The van der Waals surface area contributed by atoms with E-state index in [1.54, 1.807) is 0 Å². The minimum absolute atomic E-state index is 0.216. The van der Waals surface area contributed by atoms with Gasteiger partial charge < -0.3 is 5.11 Å². The highest BCUT2D eigenvalue weighted by Gasteiger charge is 2.02. The van der Waals surface area contributed by atoms with E-state index >= 15 is 0 Å². The molecule has 152 valence electrons. The Morgan fingerprint density at radius 3 is 1.62 bits per heavy atom. The number of hydrogen-bond acceptors (Lipinski definition) is 1. The summed E-state index contributed by atoms with van der Waals surface area (Å²) in [5.74, 6) is 0. The first-order chi connectivity index (χ1) is 12.9. The summed E-state index contributed by atoms with van der Waals surface area (Å²) in [6, 6.07) is 0. The molecule has 1 aromatic rings. The molecule has 0 atom stereocenters. The molecule has 0 aromatic carbocycles. The molecule has 1 aromatic heterocycles. The molecule has 0 spiro atoms. The molecule has 0 aliphatic rings. The Morgan fingerprint density at radius 1 is 0.692 bits per heavy atom. The van der Waals surface area contributed by atoms with Crippen LogP contribution in [0, 0.1) is 0 Å². The Bertz CT molecular complexity index is 403. The van der Waals surface area contributed by atoms with Gasteiger partial charge >= 0.3 is 0 Å². The van der Waals surface area contributed by atoms with Crippen LogP contribution in [0.3, 0.4) is 0 Å². The fraction of sp³-hybridized carbons (Fsp3) is 0.870.